The molecular formula is C16H25NO5S. The van der Waals surface area contributed by atoms with Crippen LogP contribution in [-0.4, -0.2) is 33.3 Å². The van der Waals surface area contributed by atoms with Gasteiger partial charge in [0.1, 0.15) is 5.60 Å². The van der Waals surface area contributed by atoms with Crippen LogP contribution in [0, 0.1) is 12.8 Å². The van der Waals surface area contributed by atoms with E-state index in [1.165, 1.54) is 12.1 Å². The largest absolute Gasteiger partial charge is 0.444 e. The summed E-state index contributed by atoms with van der Waals surface area (Å²) in [5, 5.41) is 2.59. The molecule has 130 valence electrons. The molecule has 0 aliphatic rings. The minimum absolute atomic E-state index is 0.0218. The maximum absolute atomic E-state index is 12.0. The molecule has 0 unspecified atom stereocenters. The molecule has 0 spiro atoms. The van der Waals surface area contributed by atoms with Crippen molar-refractivity contribution in [3.63, 3.8) is 0 Å². The van der Waals surface area contributed by atoms with Crippen LogP contribution < -0.4 is 5.32 Å². The van der Waals surface area contributed by atoms with Gasteiger partial charge in [0.25, 0.3) is 10.1 Å². The van der Waals surface area contributed by atoms with E-state index in [0.717, 1.165) is 5.56 Å². The first-order valence-corrected chi connectivity index (χ1v) is 8.83. The van der Waals surface area contributed by atoms with E-state index < -0.39 is 21.8 Å². The van der Waals surface area contributed by atoms with Crippen LogP contribution in [-0.2, 0) is 19.0 Å². The van der Waals surface area contributed by atoms with Gasteiger partial charge in [-0.2, -0.15) is 8.42 Å². The van der Waals surface area contributed by atoms with Crippen LogP contribution >= 0.6 is 0 Å². The molecule has 0 saturated heterocycles. The van der Waals surface area contributed by atoms with Gasteiger partial charge in [0.15, 0.2) is 0 Å². The number of nitrogens with one attached hydrogen (secondary N) is 1. The lowest BCUT2D eigenvalue weighted by molar-refractivity contribution is 0.0516. The Bertz CT molecular complexity index is 617. The third kappa shape index (κ3) is 7.47. The lowest BCUT2D eigenvalue weighted by Gasteiger charge is -2.20. The average molecular weight is 343 g/mol. The SMILES string of the molecule is Cc1ccc(S(=O)(=O)OC[C@@H](C)CNC(=O)OC(C)(C)C)cc1. The summed E-state index contributed by atoms with van der Waals surface area (Å²) in [6.07, 6.45) is -0.536. The van der Waals surface area contributed by atoms with E-state index in [0.29, 0.717) is 0 Å². The summed E-state index contributed by atoms with van der Waals surface area (Å²) in [6, 6.07) is 6.44. The normalized spacial score (nSPS) is 13.4. The number of ether oxygens (including phenoxy) is 1. The third-order valence-corrected chi connectivity index (χ3v) is 4.11. The van der Waals surface area contributed by atoms with E-state index >= 15 is 0 Å². The van der Waals surface area contributed by atoms with Crippen molar-refractivity contribution in [2.24, 2.45) is 5.92 Å². The molecule has 0 aromatic heterocycles. The summed E-state index contributed by atoms with van der Waals surface area (Å²) in [7, 11) is -3.78. The summed E-state index contributed by atoms with van der Waals surface area (Å²) in [5.74, 6) is -0.178. The molecule has 0 aliphatic carbocycles. The van der Waals surface area contributed by atoms with Gasteiger partial charge < -0.3 is 10.1 Å². The molecule has 0 bridgehead atoms. The molecule has 1 amide bonds. The quantitative estimate of drug-likeness (QED) is 0.803. The van der Waals surface area contributed by atoms with Crippen LogP contribution in [0.5, 0.6) is 0 Å². The molecule has 0 aliphatic heterocycles. The second kappa shape index (κ2) is 7.79. The molecule has 1 rings (SSSR count). The van der Waals surface area contributed by atoms with Crippen LogP contribution in [0.3, 0.4) is 0 Å². The molecule has 0 fully saturated rings. The Hall–Kier alpha value is -1.60. The van der Waals surface area contributed by atoms with Gasteiger partial charge in [-0.1, -0.05) is 24.6 Å². The van der Waals surface area contributed by atoms with E-state index in [2.05, 4.69) is 5.32 Å². The monoisotopic (exact) mass is 343 g/mol. The highest BCUT2D eigenvalue weighted by Crippen LogP contribution is 2.14. The number of hydrogen-bond acceptors (Lipinski definition) is 5. The highest BCUT2D eigenvalue weighted by molar-refractivity contribution is 7.86. The molecular weight excluding hydrogens is 318 g/mol. The van der Waals surface area contributed by atoms with Crippen LogP contribution in [0.4, 0.5) is 4.79 Å². The van der Waals surface area contributed by atoms with Crippen molar-refractivity contribution in [3.05, 3.63) is 29.8 Å². The zero-order chi connectivity index (χ0) is 17.7. The predicted octanol–water partition coefficient (Wildman–Crippen LogP) is 2.86. The smallest absolute Gasteiger partial charge is 0.407 e. The zero-order valence-electron chi connectivity index (χ0n) is 14.3. The summed E-state index contributed by atoms with van der Waals surface area (Å²) < 4.78 is 34.2. The standard InChI is InChI=1S/C16H25NO5S/c1-12-6-8-14(9-7-12)23(19,20)21-11-13(2)10-17-15(18)22-16(3,4)5/h6-9,13H,10-11H2,1-5H3,(H,17,18)/t13-/m0/s1. The number of carbonyl (C=O) groups is 1. The molecule has 23 heavy (non-hydrogen) atoms. The Balaban J connectivity index is 2.45. The number of aryl methyl sites for hydroxylation is 1. The molecule has 1 aromatic carbocycles. The molecule has 0 radical (unpaired) electrons. The number of hydrogen-bond donors (Lipinski definition) is 1. The van der Waals surface area contributed by atoms with Crippen LogP contribution in [0.15, 0.2) is 29.2 Å². The van der Waals surface area contributed by atoms with Crippen molar-refractivity contribution in [2.75, 3.05) is 13.2 Å². The fourth-order valence-corrected chi connectivity index (χ4v) is 2.63. The van der Waals surface area contributed by atoms with Gasteiger partial charge in [-0.3, -0.25) is 4.18 Å². The number of benzene rings is 1. The summed E-state index contributed by atoms with van der Waals surface area (Å²) in [5.41, 5.74) is 0.400. The molecule has 1 atom stereocenters. The van der Waals surface area contributed by atoms with Crippen molar-refractivity contribution in [1.82, 2.24) is 5.32 Å². The Morgan fingerprint density at radius 1 is 1.22 bits per heavy atom. The maximum atomic E-state index is 12.0. The second-order valence-electron chi connectivity index (χ2n) is 6.54. The van der Waals surface area contributed by atoms with Gasteiger partial charge in [0, 0.05) is 6.54 Å². The maximum Gasteiger partial charge on any atom is 0.407 e. The minimum atomic E-state index is -3.78. The molecule has 7 heteroatoms. The molecule has 0 heterocycles. The van der Waals surface area contributed by atoms with Crippen molar-refractivity contribution >= 4 is 16.2 Å². The van der Waals surface area contributed by atoms with Gasteiger partial charge in [-0.15, -0.1) is 0 Å². The highest BCUT2D eigenvalue weighted by atomic mass is 32.2. The lowest BCUT2D eigenvalue weighted by atomic mass is 10.2. The average Bonchev–Trinajstić information content (AvgIpc) is 2.41. The fourth-order valence-electron chi connectivity index (χ4n) is 1.61. The van der Waals surface area contributed by atoms with Gasteiger partial charge in [0.2, 0.25) is 0 Å². The van der Waals surface area contributed by atoms with Crippen molar-refractivity contribution in [2.45, 2.75) is 45.1 Å². The minimum Gasteiger partial charge on any atom is -0.444 e. The van der Waals surface area contributed by atoms with Crippen molar-refractivity contribution in [1.29, 1.82) is 0 Å². The number of carbonyl (C=O) groups excluding carboxylic acids is 1. The first kappa shape index (κ1) is 19.4. The Morgan fingerprint density at radius 3 is 2.30 bits per heavy atom. The highest BCUT2D eigenvalue weighted by Gasteiger charge is 2.19. The number of amides is 1. The van der Waals surface area contributed by atoms with Crippen LogP contribution in [0.2, 0.25) is 0 Å². The molecule has 0 saturated carbocycles. The first-order chi connectivity index (χ1) is 10.5. The summed E-state index contributed by atoms with van der Waals surface area (Å²) in [6.45, 7) is 9.21. The first-order valence-electron chi connectivity index (χ1n) is 7.42. The van der Waals surface area contributed by atoms with E-state index in [9.17, 15) is 13.2 Å². The van der Waals surface area contributed by atoms with E-state index in [1.54, 1.807) is 39.8 Å². The Kier molecular flexibility index (Phi) is 6.58. The van der Waals surface area contributed by atoms with E-state index in [-0.39, 0.29) is 24.0 Å². The zero-order valence-corrected chi connectivity index (χ0v) is 15.1. The molecule has 1 N–H and O–H groups in total. The Labute approximate surface area is 138 Å². The van der Waals surface area contributed by atoms with Gasteiger partial charge in [-0.05, 0) is 45.7 Å². The van der Waals surface area contributed by atoms with E-state index in [1.807, 2.05) is 6.92 Å². The Morgan fingerprint density at radius 2 is 1.78 bits per heavy atom. The molecule has 6 nitrogen and oxygen atoms in total. The third-order valence-electron chi connectivity index (χ3n) is 2.81. The molecule has 1 aromatic rings. The predicted molar refractivity (Wildman–Crippen MR) is 87.7 cm³/mol. The van der Waals surface area contributed by atoms with Crippen LogP contribution in [0.1, 0.15) is 33.3 Å². The summed E-state index contributed by atoms with van der Waals surface area (Å²) >= 11 is 0. The fraction of sp³-hybridized carbons (Fsp3) is 0.562. The van der Waals surface area contributed by atoms with Gasteiger partial charge in [0.05, 0.1) is 11.5 Å². The van der Waals surface area contributed by atoms with Gasteiger partial charge in [-0.25, -0.2) is 4.79 Å². The van der Waals surface area contributed by atoms with E-state index in [4.69, 9.17) is 8.92 Å². The lowest BCUT2D eigenvalue weighted by Crippen LogP contribution is -2.35. The number of alkyl carbamates (subject to hydrolysis) is 1. The second-order valence-corrected chi connectivity index (χ2v) is 8.16. The van der Waals surface area contributed by atoms with Gasteiger partial charge >= 0.3 is 6.09 Å². The van der Waals surface area contributed by atoms with Crippen molar-refractivity contribution < 1.29 is 22.1 Å². The summed E-state index contributed by atoms with van der Waals surface area (Å²) in [4.78, 5) is 11.6. The topological polar surface area (TPSA) is 81.7 Å². The number of rotatable bonds is 6. The van der Waals surface area contributed by atoms with Crippen molar-refractivity contribution in [3.8, 4) is 0 Å². The van der Waals surface area contributed by atoms with Crippen LogP contribution in [0.25, 0.3) is 0 Å².